The largest absolute Gasteiger partial charge is 0.484 e. The van der Waals surface area contributed by atoms with E-state index in [-0.39, 0.29) is 42.3 Å². The fourth-order valence-electron chi connectivity index (χ4n) is 7.30. The maximum atomic E-state index is 13.5. The minimum atomic E-state index is -0.269. The van der Waals surface area contributed by atoms with Gasteiger partial charge in [0, 0.05) is 25.3 Å². The van der Waals surface area contributed by atoms with Gasteiger partial charge in [0.15, 0.2) is 11.5 Å². The van der Waals surface area contributed by atoms with Crippen molar-refractivity contribution in [2.75, 3.05) is 45.2 Å². The molecule has 0 saturated carbocycles. The van der Waals surface area contributed by atoms with Crippen molar-refractivity contribution in [2.45, 2.75) is 83.0 Å². The molecule has 0 radical (unpaired) electrons. The zero-order valence-corrected chi connectivity index (χ0v) is 29.4. The first kappa shape index (κ1) is 34.8. The van der Waals surface area contributed by atoms with Crippen molar-refractivity contribution in [3.05, 3.63) is 88.9 Å². The highest BCUT2D eigenvalue weighted by atomic mass is 16.5. The third-order valence-electron chi connectivity index (χ3n) is 10.2. The maximum absolute atomic E-state index is 13.5. The van der Waals surface area contributed by atoms with Crippen molar-refractivity contribution in [1.82, 2.24) is 29.7 Å². The number of aliphatic hydroxyl groups excluding tert-OH is 2. The van der Waals surface area contributed by atoms with Crippen molar-refractivity contribution < 1.29 is 19.7 Å². The second kappa shape index (κ2) is 14.4. The lowest BCUT2D eigenvalue weighted by atomic mass is 9.85. The normalized spacial score (nSPS) is 21.2. The summed E-state index contributed by atoms with van der Waals surface area (Å²) in [6.45, 7) is 11.2. The molecule has 4 aromatic rings. The lowest BCUT2D eigenvalue weighted by Gasteiger charge is -2.32. The van der Waals surface area contributed by atoms with Gasteiger partial charge in [-0.15, -0.1) is 10.2 Å². The number of likely N-dealkylation sites (tertiary alicyclic amines) is 1. The predicted octanol–water partition coefficient (Wildman–Crippen LogP) is 5.53. The van der Waals surface area contributed by atoms with E-state index < -0.39 is 0 Å². The topological polar surface area (TPSA) is 127 Å². The van der Waals surface area contributed by atoms with E-state index in [0.717, 1.165) is 71.7 Å². The van der Waals surface area contributed by atoms with Crippen LogP contribution in [-0.2, 0) is 17.5 Å². The van der Waals surface area contributed by atoms with Gasteiger partial charge in [-0.1, -0.05) is 51.1 Å². The number of fused-ring (bicyclic) bond motifs is 2. The van der Waals surface area contributed by atoms with Crippen molar-refractivity contribution in [3.8, 4) is 5.75 Å². The Bertz CT molecular complexity index is 1760. The molecule has 11 nitrogen and oxygen atoms in total. The highest BCUT2D eigenvalue weighted by Gasteiger charge is 2.40. The monoisotopic (exact) mass is 669 g/mol. The van der Waals surface area contributed by atoms with Gasteiger partial charge in [-0.3, -0.25) is 14.2 Å². The molecule has 0 bridgehead atoms. The molecule has 1 fully saturated rings. The van der Waals surface area contributed by atoms with Gasteiger partial charge in [-0.2, -0.15) is 0 Å². The fraction of sp³-hybridized carbons (Fsp3) is 0.500. The molecule has 6 rings (SSSR count). The Morgan fingerprint density at radius 1 is 1.04 bits per heavy atom. The van der Waals surface area contributed by atoms with Crippen molar-refractivity contribution in [1.29, 1.82) is 0 Å². The number of ether oxygens (including phenoxy) is 1. The van der Waals surface area contributed by atoms with Crippen LogP contribution >= 0.6 is 0 Å². The van der Waals surface area contributed by atoms with Crippen LogP contribution in [0.4, 0.5) is 10.5 Å². The van der Waals surface area contributed by atoms with Crippen LogP contribution in [0, 0.1) is 0 Å². The highest BCUT2D eigenvalue weighted by Crippen LogP contribution is 2.40. The molecule has 1 aliphatic heterocycles. The van der Waals surface area contributed by atoms with E-state index in [1.54, 1.807) is 0 Å². The Morgan fingerprint density at radius 3 is 2.49 bits per heavy atom. The fourth-order valence-corrected chi connectivity index (χ4v) is 7.30. The van der Waals surface area contributed by atoms with Crippen LogP contribution in [0.15, 0.2) is 60.8 Å². The smallest absolute Gasteiger partial charge is 0.319 e. The third-order valence-corrected chi connectivity index (χ3v) is 10.2. The number of aromatic nitrogens is 3. The number of pyridine rings is 1. The van der Waals surface area contributed by atoms with Gasteiger partial charge in [0.2, 0.25) is 0 Å². The molecule has 2 amide bonds. The van der Waals surface area contributed by atoms with E-state index in [9.17, 15) is 15.0 Å². The lowest BCUT2D eigenvalue weighted by molar-refractivity contribution is 0.156. The standard InChI is InChI=1S/C38H51N7O4/c1-37(2,3)27-21-26(24-44(17-19-46)18-20-47)22-28(23-27)39-36(48)40-32-12-13-33(31-10-7-6-9-30(31)32)49-29-11-14-34-41-42-35(45(34)25-29)38(4)15-8-16-43(38)5/h6-7,9-11,14,21-23,25,32-33,46-47H,8,12-13,15-20,24H2,1-5H3,(H2,39,40,48)/t32-,33+,38?/m0/s1. The van der Waals surface area contributed by atoms with Crippen LogP contribution in [0.2, 0.25) is 0 Å². The first-order valence-electron chi connectivity index (χ1n) is 17.5. The Hall–Kier alpha value is -4.03. The number of hydrogen-bond acceptors (Lipinski definition) is 8. The summed E-state index contributed by atoms with van der Waals surface area (Å²) in [7, 11) is 2.15. The van der Waals surface area contributed by atoms with Gasteiger partial charge in [-0.05, 0) is 98.1 Å². The molecule has 2 aliphatic rings. The van der Waals surface area contributed by atoms with Crippen molar-refractivity contribution >= 4 is 17.4 Å². The predicted molar refractivity (Wildman–Crippen MR) is 191 cm³/mol. The van der Waals surface area contributed by atoms with Crippen LogP contribution in [0.1, 0.15) is 93.6 Å². The summed E-state index contributed by atoms with van der Waals surface area (Å²) < 4.78 is 8.72. The number of aliphatic hydroxyl groups is 2. The second-order valence-electron chi connectivity index (χ2n) is 14.8. The van der Waals surface area contributed by atoms with E-state index in [4.69, 9.17) is 4.74 Å². The number of urea groups is 1. The lowest BCUT2D eigenvalue weighted by Crippen LogP contribution is -2.37. The Morgan fingerprint density at radius 2 is 1.80 bits per heavy atom. The zero-order chi connectivity index (χ0) is 34.8. The van der Waals surface area contributed by atoms with Gasteiger partial charge < -0.3 is 25.6 Å². The Balaban J connectivity index is 1.17. The number of nitrogens with one attached hydrogen (secondary N) is 2. The number of nitrogens with zero attached hydrogens (tertiary/aromatic N) is 5. The van der Waals surface area contributed by atoms with Crippen molar-refractivity contribution in [3.63, 3.8) is 0 Å². The summed E-state index contributed by atoms with van der Waals surface area (Å²) in [6, 6.07) is 17.8. The maximum Gasteiger partial charge on any atom is 0.319 e. The van der Waals surface area contributed by atoms with Crippen LogP contribution in [-0.4, -0.2) is 80.5 Å². The molecule has 1 unspecified atom stereocenters. The molecule has 1 saturated heterocycles. The van der Waals surface area contributed by atoms with E-state index in [2.05, 4.69) is 83.1 Å². The van der Waals surface area contributed by atoms with Crippen LogP contribution in [0.25, 0.3) is 5.65 Å². The summed E-state index contributed by atoms with van der Waals surface area (Å²) in [6.07, 6.45) is 5.48. The molecule has 262 valence electrons. The third kappa shape index (κ3) is 7.60. The number of carbonyl (C=O) groups excluding carboxylic acids is 1. The molecule has 49 heavy (non-hydrogen) atoms. The second-order valence-corrected chi connectivity index (χ2v) is 14.8. The van der Waals surface area contributed by atoms with E-state index >= 15 is 0 Å². The van der Waals surface area contributed by atoms with Gasteiger partial charge in [0.1, 0.15) is 11.9 Å². The van der Waals surface area contributed by atoms with Crippen molar-refractivity contribution in [2.24, 2.45) is 0 Å². The van der Waals surface area contributed by atoms with E-state index in [0.29, 0.717) is 25.3 Å². The zero-order valence-electron chi connectivity index (χ0n) is 29.4. The number of amides is 2. The summed E-state index contributed by atoms with van der Waals surface area (Å²) in [5.41, 5.74) is 5.42. The highest BCUT2D eigenvalue weighted by molar-refractivity contribution is 5.89. The Kier molecular flexibility index (Phi) is 10.3. The number of rotatable bonds is 11. The first-order chi connectivity index (χ1) is 23.5. The van der Waals surface area contributed by atoms with Crippen LogP contribution < -0.4 is 15.4 Å². The summed E-state index contributed by atoms with van der Waals surface area (Å²) in [4.78, 5) is 17.9. The average molecular weight is 670 g/mol. The summed E-state index contributed by atoms with van der Waals surface area (Å²) in [5.74, 6) is 1.69. The minimum Gasteiger partial charge on any atom is -0.484 e. The molecule has 3 heterocycles. The molecule has 2 aromatic carbocycles. The first-order valence-corrected chi connectivity index (χ1v) is 17.5. The minimum absolute atomic E-state index is 0.0107. The molecule has 3 atom stereocenters. The van der Waals surface area contributed by atoms with Gasteiger partial charge in [-0.25, -0.2) is 4.79 Å². The molecule has 2 aromatic heterocycles. The van der Waals surface area contributed by atoms with Gasteiger partial charge in [0.05, 0.1) is 31.0 Å². The molecule has 1 aliphatic carbocycles. The van der Waals surface area contributed by atoms with E-state index in [1.165, 1.54) is 0 Å². The average Bonchev–Trinajstić information content (AvgIpc) is 3.64. The number of benzene rings is 2. The van der Waals surface area contributed by atoms with Crippen LogP contribution in [0.5, 0.6) is 5.75 Å². The molecular weight excluding hydrogens is 618 g/mol. The SMILES string of the molecule is CN1CCCC1(C)c1nnc2ccc(O[C@@H]3CC[C@H](NC(=O)Nc4cc(CN(CCO)CCO)cc(C(C)(C)C)c4)c4ccccc43)cn12. The quantitative estimate of drug-likeness (QED) is 0.164. The molecule has 4 N–H and O–H groups in total. The molecular formula is C38H51N7O4. The summed E-state index contributed by atoms with van der Waals surface area (Å²) >= 11 is 0. The Labute approximate surface area is 289 Å². The molecule has 0 spiro atoms. The summed E-state index contributed by atoms with van der Waals surface area (Å²) in [5, 5.41) is 34.4. The number of hydrogen-bond donors (Lipinski definition) is 4. The van der Waals surface area contributed by atoms with Gasteiger partial charge >= 0.3 is 6.03 Å². The number of carbonyl (C=O) groups is 1. The van der Waals surface area contributed by atoms with E-state index in [1.807, 2.05) is 47.5 Å². The van der Waals surface area contributed by atoms with Crippen LogP contribution in [0.3, 0.4) is 0 Å². The molecule has 11 heteroatoms. The van der Waals surface area contributed by atoms with Gasteiger partial charge in [0.25, 0.3) is 0 Å². The number of anilines is 1.